The average molecular weight is 483 g/mol. The van der Waals surface area contributed by atoms with Gasteiger partial charge in [-0.15, -0.1) is 0 Å². The first-order valence-corrected chi connectivity index (χ1v) is 12.4. The Kier molecular flexibility index (Phi) is 8.17. The zero-order chi connectivity index (χ0) is 24.7. The first-order valence-electron chi connectivity index (χ1n) is 11.0. The molecule has 0 aromatic heterocycles. The van der Waals surface area contributed by atoms with Crippen LogP contribution >= 0.6 is 0 Å². The molecule has 0 unspecified atom stereocenters. The predicted molar refractivity (Wildman–Crippen MR) is 133 cm³/mol. The average Bonchev–Trinajstić information content (AvgIpc) is 2.86. The highest BCUT2D eigenvalue weighted by Gasteiger charge is 2.30. The van der Waals surface area contributed by atoms with E-state index < -0.39 is 22.5 Å². The van der Waals surface area contributed by atoms with Gasteiger partial charge in [0.15, 0.2) is 0 Å². The van der Waals surface area contributed by atoms with Crippen molar-refractivity contribution in [3.63, 3.8) is 0 Å². The van der Waals surface area contributed by atoms with E-state index in [1.54, 1.807) is 30.3 Å². The maximum absolute atomic E-state index is 13.7. The highest BCUT2D eigenvalue weighted by atomic mass is 32.2. The van der Waals surface area contributed by atoms with Crippen molar-refractivity contribution in [2.75, 3.05) is 25.1 Å². The number of ether oxygens (including phenoxy) is 2. The molecular formula is C26H30N2O5S. The van der Waals surface area contributed by atoms with E-state index in [1.807, 2.05) is 44.2 Å². The summed E-state index contributed by atoms with van der Waals surface area (Å²) in [7, 11) is -1.16. The Balaban J connectivity index is 2.02. The molecule has 0 radical (unpaired) electrons. The lowest BCUT2D eigenvalue weighted by molar-refractivity contribution is -0.120. The summed E-state index contributed by atoms with van der Waals surface area (Å²) in [4.78, 5) is 13.2. The zero-order valence-corrected chi connectivity index (χ0v) is 20.6. The Morgan fingerprint density at radius 2 is 1.65 bits per heavy atom. The number of amides is 1. The monoisotopic (exact) mass is 482 g/mol. The third-order valence-electron chi connectivity index (χ3n) is 5.50. The Morgan fingerprint density at radius 1 is 0.971 bits per heavy atom. The molecule has 0 spiro atoms. The standard InChI is InChI=1S/C26H30N2O5S/c1-5-23(20-9-7-6-8-10-20)27-26(29)18-28(24-17-21(32-3)13-16-25(24)33-4)34(30,31)22-14-11-19(2)12-15-22/h6-17,23H,5,18H2,1-4H3,(H,27,29)/t23-/m1/s1. The van der Waals surface area contributed by atoms with E-state index in [9.17, 15) is 13.2 Å². The van der Waals surface area contributed by atoms with Gasteiger partial charge < -0.3 is 14.8 Å². The van der Waals surface area contributed by atoms with Crippen molar-refractivity contribution in [3.8, 4) is 11.5 Å². The molecule has 0 saturated carbocycles. The summed E-state index contributed by atoms with van der Waals surface area (Å²) in [5, 5.41) is 2.96. The Hall–Kier alpha value is -3.52. The van der Waals surface area contributed by atoms with Gasteiger partial charge in [-0.05, 0) is 43.2 Å². The minimum atomic E-state index is -4.09. The quantitative estimate of drug-likeness (QED) is 0.461. The number of nitrogens with one attached hydrogen (secondary N) is 1. The van der Waals surface area contributed by atoms with Crippen LogP contribution in [-0.4, -0.2) is 35.1 Å². The molecule has 34 heavy (non-hydrogen) atoms. The molecular weight excluding hydrogens is 452 g/mol. The Morgan fingerprint density at radius 3 is 2.24 bits per heavy atom. The van der Waals surface area contributed by atoms with Crippen molar-refractivity contribution < 1.29 is 22.7 Å². The lowest BCUT2D eigenvalue weighted by atomic mass is 10.0. The SMILES string of the molecule is CC[C@@H](NC(=O)CN(c1cc(OC)ccc1OC)S(=O)(=O)c1ccc(C)cc1)c1ccccc1. The van der Waals surface area contributed by atoms with Crippen molar-refractivity contribution in [3.05, 3.63) is 83.9 Å². The number of sulfonamides is 1. The normalized spacial score (nSPS) is 12.0. The molecule has 8 heteroatoms. The molecule has 0 aliphatic rings. The largest absolute Gasteiger partial charge is 0.497 e. The fourth-order valence-corrected chi connectivity index (χ4v) is 5.03. The van der Waals surface area contributed by atoms with Crippen molar-refractivity contribution in [2.24, 2.45) is 0 Å². The van der Waals surface area contributed by atoms with E-state index in [1.165, 1.54) is 26.4 Å². The first-order chi connectivity index (χ1) is 16.3. The zero-order valence-electron chi connectivity index (χ0n) is 19.8. The van der Waals surface area contributed by atoms with Crippen LogP contribution in [0.5, 0.6) is 11.5 Å². The van der Waals surface area contributed by atoms with E-state index in [2.05, 4.69) is 5.32 Å². The summed E-state index contributed by atoms with van der Waals surface area (Å²) >= 11 is 0. The number of aryl methyl sites for hydroxylation is 1. The molecule has 0 heterocycles. The third kappa shape index (κ3) is 5.69. The van der Waals surface area contributed by atoms with Crippen molar-refractivity contribution in [1.29, 1.82) is 0 Å². The smallest absolute Gasteiger partial charge is 0.264 e. The van der Waals surface area contributed by atoms with Crippen molar-refractivity contribution in [2.45, 2.75) is 31.2 Å². The molecule has 0 aliphatic heterocycles. The minimum absolute atomic E-state index is 0.0749. The van der Waals surface area contributed by atoms with Crippen LogP contribution in [0.3, 0.4) is 0 Å². The van der Waals surface area contributed by atoms with Gasteiger partial charge in [-0.2, -0.15) is 0 Å². The van der Waals surface area contributed by atoms with Crippen LogP contribution < -0.4 is 19.1 Å². The van der Waals surface area contributed by atoms with E-state index >= 15 is 0 Å². The number of carbonyl (C=O) groups is 1. The van der Waals surface area contributed by atoms with Crippen LogP contribution in [0.25, 0.3) is 0 Å². The molecule has 1 atom stereocenters. The van der Waals surface area contributed by atoms with Crippen LogP contribution in [0.1, 0.15) is 30.5 Å². The van der Waals surface area contributed by atoms with Gasteiger partial charge in [-0.1, -0.05) is 55.0 Å². The van der Waals surface area contributed by atoms with Crippen LogP contribution in [0, 0.1) is 6.92 Å². The Bertz CT molecular complexity index is 1210. The number of nitrogens with zero attached hydrogens (tertiary/aromatic N) is 1. The molecule has 0 saturated heterocycles. The summed E-state index contributed by atoms with van der Waals surface area (Å²) in [5.74, 6) is 0.312. The molecule has 3 rings (SSSR count). The topological polar surface area (TPSA) is 84.9 Å². The van der Waals surface area contributed by atoms with Crippen LogP contribution in [0.15, 0.2) is 77.7 Å². The second-order valence-corrected chi connectivity index (χ2v) is 9.66. The van der Waals surface area contributed by atoms with Gasteiger partial charge in [0.25, 0.3) is 10.0 Å². The van der Waals surface area contributed by atoms with Gasteiger partial charge in [-0.3, -0.25) is 9.10 Å². The number of benzene rings is 3. The maximum Gasteiger partial charge on any atom is 0.264 e. The van der Waals surface area contributed by atoms with Crippen LogP contribution in [0.4, 0.5) is 5.69 Å². The van der Waals surface area contributed by atoms with E-state index in [-0.39, 0.29) is 16.6 Å². The number of hydrogen-bond acceptors (Lipinski definition) is 5. The van der Waals surface area contributed by atoms with E-state index in [0.717, 1.165) is 15.4 Å². The molecule has 3 aromatic carbocycles. The number of anilines is 1. The van der Waals surface area contributed by atoms with E-state index in [0.29, 0.717) is 17.9 Å². The molecule has 7 nitrogen and oxygen atoms in total. The molecule has 0 fully saturated rings. The summed E-state index contributed by atoms with van der Waals surface area (Å²) in [6.45, 7) is 3.41. The molecule has 180 valence electrons. The van der Waals surface area contributed by atoms with Gasteiger partial charge in [0, 0.05) is 6.07 Å². The first kappa shape index (κ1) is 25.1. The molecule has 3 aromatic rings. The molecule has 1 N–H and O–H groups in total. The summed E-state index contributed by atoms with van der Waals surface area (Å²) in [6.07, 6.45) is 0.656. The maximum atomic E-state index is 13.7. The van der Waals surface area contributed by atoms with Gasteiger partial charge in [-0.25, -0.2) is 8.42 Å². The Labute approximate surface area is 201 Å². The van der Waals surface area contributed by atoms with Crippen molar-refractivity contribution >= 4 is 21.6 Å². The van der Waals surface area contributed by atoms with Gasteiger partial charge in [0.1, 0.15) is 18.0 Å². The fraction of sp³-hybridized carbons (Fsp3) is 0.269. The van der Waals surface area contributed by atoms with Gasteiger partial charge >= 0.3 is 0 Å². The van der Waals surface area contributed by atoms with Gasteiger partial charge in [0.05, 0.1) is 30.8 Å². The second-order valence-electron chi connectivity index (χ2n) is 7.80. The van der Waals surface area contributed by atoms with Gasteiger partial charge in [0.2, 0.25) is 5.91 Å². The third-order valence-corrected chi connectivity index (χ3v) is 7.27. The summed E-state index contributed by atoms with van der Waals surface area (Å²) < 4.78 is 39.2. The van der Waals surface area contributed by atoms with Crippen LogP contribution in [0.2, 0.25) is 0 Å². The number of rotatable bonds is 10. The number of hydrogen-bond donors (Lipinski definition) is 1. The second kappa shape index (κ2) is 11.1. The summed E-state index contributed by atoms with van der Waals surface area (Å²) in [5.41, 5.74) is 2.09. The van der Waals surface area contributed by atoms with Crippen molar-refractivity contribution in [1.82, 2.24) is 5.32 Å². The van der Waals surface area contributed by atoms with Crippen LogP contribution in [-0.2, 0) is 14.8 Å². The highest BCUT2D eigenvalue weighted by Crippen LogP contribution is 2.35. The lowest BCUT2D eigenvalue weighted by Gasteiger charge is -2.27. The number of methoxy groups -OCH3 is 2. The minimum Gasteiger partial charge on any atom is -0.497 e. The number of carbonyl (C=O) groups excluding carboxylic acids is 1. The van der Waals surface area contributed by atoms with E-state index in [4.69, 9.17) is 9.47 Å². The predicted octanol–water partition coefficient (Wildman–Crippen LogP) is 4.48. The molecule has 1 amide bonds. The summed E-state index contributed by atoms with van der Waals surface area (Å²) in [6, 6.07) is 20.7. The highest BCUT2D eigenvalue weighted by molar-refractivity contribution is 7.92. The molecule has 0 aliphatic carbocycles. The molecule has 0 bridgehead atoms. The fourth-order valence-electron chi connectivity index (χ4n) is 3.61. The lowest BCUT2D eigenvalue weighted by Crippen LogP contribution is -2.42.